The number of methoxy groups -OCH3 is 1. The Bertz CT molecular complexity index is 1490. The number of amides is 1. The predicted molar refractivity (Wildman–Crippen MR) is 146 cm³/mol. The minimum atomic E-state index is -4.08. The molecular formula is C29H29N3O5S. The lowest BCUT2D eigenvalue weighted by Gasteiger charge is -2.26. The molecule has 0 aliphatic carbocycles. The van der Waals surface area contributed by atoms with Crippen LogP contribution in [0.1, 0.15) is 16.7 Å². The first-order valence-corrected chi connectivity index (χ1v) is 13.4. The van der Waals surface area contributed by atoms with E-state index in [9.17, 15) is 13.2 Å². The zero-order valence-electron chi connectivity index (χ0n) is 21.4. The van der Waals surface area contributed by atoms with E-state index >= 15 is 0 Å². The van der Waals surface area contributed by atoms with E-state index in [2.05, 4.69) is 10.3 Å². The molecule has 4 aromatic rings. The van der Waals surface area contributed by atoms with Crippen molar-refractivity contribution >= 4 is 21.6 Å². The second kappa shape index (κ2) is 11.8. The Kier molecular flexibility index (Phi) is 8.28. The van der Waals surface area contributed by atoms with E-state index in [1.165, 1.54) is 12.1 Å². The quantitative estimate of drug-likeness (QED) is 0.309. The van der Waals surface area contributed by atoms with Crippen molar-refractivity contribution in [2.45, 2.75) is 25.3 Å². The molecule has 1 aromatic heterocycles. The lowest BCUT2D eigenvalue weighted by molar-refractivity contribution is -0.119. The monoisotopic (exact) mass is 531 g/mol. The average molecular weight is 532 g/mol. The maximum atomic E-state index is 13.8. The maximum Gasteiger partial charge on any atom is 0.264 e. The summed E-state index contributed by atoms with van der Waals surface area (Å²) >= 11 is 0. The van der Waals surface area contributed by atoms with Crippen molar-refractivity contribution in [1.29, 1.82) is 0 Å². The summed E-state index contributed by atoms with van der Waals surface area (Å²) < 4.78 is 39.7. The molecular weight excluding hydrogens is 502 g/mol. The molecule has 0 fully saturated rings. The second-order valence-corrected chi connectivity index (χ2v) is 10.5. The van der Waals surface area contributed by atoms with Crippen LogP contribution >= 0.6 is 0 Å². The van der Waals surface area contributed by atoms with Gasteiger partial charge in [-0.1, -0.05) is 24.3 Å². The molecule has 0 bridgehead atoms. The van der Waals surface area contributed by atoms with Gasteiger partial charge < -0.3 is 14.8 Å². The average Bonchev–Trinajstić information content (AvgIpc) is 2.93. The Morgan fingerprint density at radius 2 is 1.50 bits per heavy atom. The first-order valence-electron chi connectivity index (χ1n) is 11.9. The number of sulfonamides is 1. The number of carbonyl (C=O) groups is 1. The molecule has 4 rings (SSSR count). The highest BCUT2D eigenvalue weighted by atomic mass is 32.2. The summed E-state index contributed by atoms with van der Waals surface area (Å²) in [5.74, 6) is 1.35. The van der Waals surface area contributed by atoms with Crippen LogP contribution in [0, 0.1) is 13.8 Å². The minimum Gasteiger partial charge on any atom is -0.497 e. The Hall–Kier alpha value is -4.37. The zero-order chi connectivity index (χ0) is 27.1. The molecule has 0 saturated carbocycles. The molecule has 9 heteroatoms. The third kappa shape index (κ3) is 6.30. The van der Waals surface area contributed by atoms with Crippen LogP contribution in [0.5, 0.6) is 17.2 Å². The van der Waals surface area contributed by atoms with Crippen LogP contribution in [-0.2, 0) is 21.4 Å². The summed E-state index contributed by atoms with van der Waals surface area (Å²) in [5, 5.41) is 2.82. The van der Waals surface area contributed by atoms with E-state index < -0.39 is 15.9 Å². The van der Waals surface area contributed by atoms with Crippen LogP contribution in [0.3, 0.4) is 0 Å². The number of rotatable bonds is 10. The number of anilines is 1. The van der Waals surface area contributed by atoms with E-state index in [-0.39, 0.29) is 18.0 Å². The van der Waals surface area contributed by atoms with Crippen LogP contribution < -0.4 is 19.1 Å². The summed E-state index contributed by atoms with van der Waals surface area (Å²) in [6.45, 7) is 3.62. The fourth-order valence-electron chi connectivity index (χ4n) is 3.79. The van der Waals surface area contributed by atoms with Crippen molar-refractivity contribution in [3.05, 3.63) is 108 Å². The molecule has 0 aliphatic rings. The fraction of sp³-hybridized carbons (Fsp3) is 0.172. The summed E-state index contributed by atoms with van der Waals surface area (Å²) in [6.07, 6.45) is 3.21. The van der Waals surface area contributed by atoms with Gasteiger partial charge in [0.25, 0.3) is 10.0 Å². The first-order chi connectivity index (χ1) is 18.3. The SMILES string of the molecule is COc1ccc(CNC(=O)CN(c2cccc(C)c2C)S(=O)(=O)c2ccc(Oc3ccncc3)cc2)cc1. The van der Waals surface area contributed by atoms with Gasteiger partial charge >= 0.3 is 0 Å². The lowest BCUT2D eigenvalue weighted by Crippen LogP contribution is -2.41. The number of nitrogens with zero attached hydrogens (tertiary/aromatic N) is 2. The molecule has 8 nitrogen and oxygen atoms in total. The van der Waals surface area contributed by atoms with Crippen molar-refractivity contribution in [1.82, 2.24) is 10.3 Å². The molecule has 1 heterocycles. The van der Waals surface area contributed by atoms with Gasteiger partial charge in [-0.05, 0) is 85.1 Å². The van der Waals surface area contributed by atoms with Gasteiger partial charge in [0.2, 0.25) is 5.91 Å². The van der Waals surface area contributed by atoms with Gasteiger partial charge in [0.05, 0.1) is 17.7 Å². The molecule has 0 unspecified atom stereocenters. The summed E-state index contributed by atoms with van der Waals surface area (Å²) in [6, 6.07) is 22.2. The van der Waals surface area contributed by atoms with Crippen LogP contribution in [-0.4, -0.2) is 33.0 Å². The third-order valence-corrected chi connectivity index (χ3v) is 7.85. The largest absolute Gasteiger partial charge is 0.497 e. The third-order valence-electron chi connectivity index (χ3n) is 6.08. The number of hydrogen-bond donors (Lipinski definition) is 1. The second-order valence-electron chi connectivity index (χ2n) is 8.61. The Morgan fingerprint density at radius 1 is 0.868 bits per heavy atom. The Labute approximate surface area is 222 Å². The van der Waals surface area contributed by atoms with Gasteiger partial charge in [-0.25, -0.2) is 8.42 Å². The molecule has 1 N–H and O–H groups in total. The van der Waals surface area contributed by atoms with E-state index in [1.54, 1.807) is 68.0 Å². The molecule has 3 aromatic carbocycles. The standard InChI is InChI=1S/C29H29N3O5S/c1-21-5-4-6-28(22(21)2)32(20-29(33)31-19-23-7-9-24(36-3)10-8-23)38(34,35)27-13-11-25(12-14-27)37-26-15-17-30-18-16-26/h4-18H,19-20H2,1-3H3,(H,31,33). The molecule has 38 heavy (non-hydrogen) atoms. The van der Waals surface area contributed by atoms with E-state index in [4.69, 9.17) is 9.47 Å². The van der Waals surface area contributed by atoms with Crippen molar-refractivity contribution in [3.8, 4) is 17.2 Å². The van der Waals surface area contributed by atoms with Crippen LogP contribution in [0.4, 0.5) is 5.69 Å². The Balaban J connectivity index is 1.57. The number of pyridine rings is 1. The highest BCUT2D eigenvalue weighted by Crippen LogP contribution is 2.30. The van der Waals surface area contributed by atoms with Gasteiger partial charge in [0.15, 0.2) is 0 Å². The molecule has 1 amide bonds. The first kappa shape index (κ1) is 26.7. The van der Waals surface area contributed by atoms with Gasteiger partial charge in [0, 0.05) is 18.9 Å². The smallest absolute Gasteiger partial charge is 0.264 e. The molecule has 0 spiro atoms. The normalized spacial score (nSPS) is 11.0. The molecule has 0 radical (unpaired) electrons. The molecule has 196 valence electrons. The van der Waals surface area contributed by atoms with Crippen molar-refractivity contribution < 1.29 is 22.7 Å². The van der Waals surface area contributed by atoms with Crippen LogP contribution in [0.2, 0.25) is 0 Å². The van der Waals surface area contributed by atoms with Crippen molar-refractivity contribution in [2.24, 2.45) is 0 Å². The highest BCUT2D eigenvalue weighted by Gasteiger charge is 2.28. The predicted octanol–water partition coefficient (Wildman–Crippen LogP) is 5.01. The fourth-order valence-corrected chi connectivity index (χ4v) is 5.26. The van der Waals surface area contributed by atoms with Gasteiger partial charge in [-0.2, -0.15) is 0 Å². The summed E-state index contributed by atoms with van der Waals surface area (Å²) in [7, 11) is -2.50. The number of ether oxygens (including phenoxy) is 2. The van der Waals surface area contributed by atoms with Gasteiger partial charge in [-0.3, -0.25) is 14.1 Å². The summed E-state index contributed by atoms with van der Waals surface area (Å²) in [5.41, 5.74) is 3.01. The lowest BCUT2D eigenvalue weighted by atomic mass is 10.1. The number of aryl methyl sites for hydroxylation is 1. The van der Waals surface area contributed by atoms with Gasteiger partial charge in [-0.15, -0.1) is 0 Å². The van der Waals surface area contributed by atoms with Gasteiger partial charge in [0.1, 0.15) is 23.8 Å². The highest BCUT2D eigenvalue weighted by molar-refractivity contribution is 7.92. The topological polar surface area (TPSA) is 97.8 Å². The van der Waals surface area contributed by atoms with E-state index in [1.807, 2.05) is 32.0 Å². The number of benzene rings is 3. The number of carbonyl (C=O) groups excluding carboxylic acids is 1. The maximum absolute atomic E-state index is 13.8. The summed E-state index contributed by atoms with van der Waals surface area (Å²) in [4.78, 5) is 17.0. The van der Waals surface area contributed by atoms with E-state index in [0.29, 0.717) is 22.9 Å². The minimum absolute atomic E-state index is 0.0449. The van der Waals surface area contributed by atoms with Crippen LogP contribution in [0.25, 0.3) is 0 Å². The Morgan fingerprint density at radius 3 is 2.16 bits per heavy atom. The molecule has 0 atom stereocenters. The number of aromatic nitrogens is 1. The number of hydrogen-bond acceptors (Lipinski definition) is 6. The van der Waals surface area contributed by atoms with Crippen LogP contribution in [0.15, 0.2) is 96.2 Å². The molecule has 0 aliphatic heterocycles. The zero-order valence-corrected chi connectivity index (χ0v) is 22.2. The van der Waals surface area contributed by atoms with Crippen molar-refractivity contribution in [2.75, 3.05) is 18.0 Å². The number of nitrogens with one attached hydrogen (secondary N) is 1. The van der Waals surface area contributed by atoms with Crippen molar-refractivity contribution in [3.63, 3.8) is 0 Å². The molecule has 0 saturated heterocycles. The van der Waals surface area contributed by atoms with E-state index in [0.717, 1.165) is 21.0 Å².